The standard InChI is InChI=1S/C12H15NO3/c14-12(15)10-3-1-2-9(6-10)7-13-11-4-5-16-8-11/h1-3,6,11,13H,4-5,7-8H2,(H,14,15). The third-order valence-corrected chi connectivity index (χ3v) is 2.70. The Kier molecular flexibility index (Phi) is 3.54. The molecule has 0 saturated carbocycles. The van der Waals surface area contributed by atoms with E-state index in [4.69, 9.17) is 9.84 Å². The van der Waals surface area contributed by atoms with E-state index in [9.17, 15) is 4.79 Å². The summed E-state index contributed by atoms with van der Waals surface area (Å²) in [5.41, 5.74) is 1.33. The molecule has 86 valence electrons. The van der Waals surface area contributed by atoms with Gasteiger partial charge in [0.1, 0.15) is 0 Å². The smallest absolute Gasteiger partial charge is 0.335 e. The SMILES string of the molecule is O=C(O)c1cccc(CNC2CCOC2)c1. The molecule has 4 nitrogen and oxygen atoms in total. The minimum absolute atomic E-state index is 0.335. The molecular formula is C12H15NO3. The van der Waals surface area contributed by atoms with E-state index in [-0.39, 0.29) is 0 Å². The molecule has 0 amide bonds. The highest BCUT2D eigenvalue weighted by Gasteiger charge is 2.14. The number of aromatic carboxylic acids is 1. The zero-order valence-corrected chi connectivity index (χ0v) is 8.98. The lowest BCUT2D eigenvalue weighted by Crippen LogP contribution is -2.28. The van der Waals surface area contributed by atoms with Crippen LogP contribution in [0.25, 0.3) is 0 Å². The summed E-state index contributed by atoms with van der Waals surface area (Å²) in [6.07, 6.45) is 1.03. The molecule has 1 saturated heterocycles. The van der Waals surface area contributed by atoms with Crippen LogP contribution >= 0.6 is 0 Å². The monoisotopic (exact) mass is 221 g/mol. The van der Waals surface area contributed by atoms with Crippen molar-refractivity contribution in [3.8, 4) is 0 Å². The van der Waals surface area contributed by atoms with Crippen LogP contribution in [0, 0.1) is 0 Å². The lowest BCUT2D eigenvalue weighted by Gasteiger charge is -2.10. The van der Waals surface area contributed by atoms with Crippen molar-refractivity contribution in [1.29, 1.82) is 0 Å². The highest BCUT2D eigenvalue weighted by molar-refractivity contribution is 5.87. The van der Waals surface area contributed by atoms with Gasteiger partial charge < -0.3 is 15.2 Å². The normalized spacial score (nSPS) is 19.9. The van der Waals surface area contributed by atoms with Crippen LogP contribution in [-0.2, 0) is 11.3 Å². The van der Waals surface area contributed by atoms with Crippen molar-refractivity contribution in [2.45, 2.75) is 19.0 Å². The number of ether oxygens (including phenoxy) is 1. The van der Waals surface area contributed by atoms with Gasteiger partial charge in [-0.05, 0) is 24.1 Å². The molecule has 0 aliphatic carbocycles. The molecule has 1 fully saturated rings. The molecule has 1 heterocycles. The predicted octanol–water partition coefficient (Wildman–Crippen LogP) is 1.26. The Morgan fingerprint density at radius 2 is 2.44 bits per heavy atom. The van der Waals surface area contributed by atoms with Crippen LogP contribution in [0.2, 0.25) is 0 Å². The summed E-state index contributed by atoms with van der Waals surface area (Å²) in [4.78, 5) is 10.8. The Labute approximate surface area is 94.2 Å². The van der Waals surface area contributed by atoms with Crippen molar-refractivity contribution >= 4 is 5.97 Å². The minimum atomic E-state index is -0.883. The van der Waals surface area contributed by atoms with E-state index >= 15 is 0 Å². The molecule has 0 aromatic heterocycles. The molecule has 1 aromatic carbocycles. The number of carboxylic acids is 1. The van der Waals surface area contributed by atoms with Crippen LogP contribution in [0.1, 0.15) is 22.3 Å². The first-order valence-electron chi connectivity index (χ1n) is 5.39. The maximum Gasteiger partial charge on any atom is 0.335 e. The van der Waals surface area contributed by atoms with E-state index in [2.05, 4.69) is 5.32 Å². The molecule has 0 spiro atoms. The maximum atomic E-state index is 10.8. The Bertz CT molecular complexity index is 372. The van der Waals surface area contributed by atoms with Crippen LogP contribution in [0.5, 0.6) is 0 Å². The Morgan fingerprint density at radius 1 is 1.56 bits per heavy atom. The number of hydrogen-bond donors (Lipinski definition) is 2. The fourth-order valence-electron chi connectivity index (χ4n) is 1.77. The molecule has 1 aromatic rings. The maximum absolute atomic E-state index is 10.8. The van der Waals surface area contributed by atoms with Crippen LogP contribution < -0.4 is 5.32 Å². The van der Waals surface area contributed by atoms with E-state index in [0.717, 1.165) is 25.2 Å². The zero-order chi connectivity index (χ0) is 11.4. The van der Waals surface area contributed by atoms with Crippen molar-refractivity contribution in [2.24, 2.45) is 0 Å². The molecule has 1 unspecified atom stereocenters. The molecule has 0 radical (unpaired) electrons. The first kappa shape index (κ1) is 11.1. The number of benzene rings is 1. The zero-order valence-electron chi connectivity index (χ0n) is 8.98. The van der Waals surface area contributed by atoms with Crippen molar-refractivity contribution in [3.63, 3.8) is 0 Å². The van der Waals surface area contributed by atoms with Gasteiger partial charge in [0.25, 0.3) is 0 Å². The summed E-state index contributed by atoms with van der Waals surface area (Å²) >= 11 is 0. The fourth-order valence-corrected chi connectivity index (χ4v) is 1.77. The first-order valence-corrected chi connectivity index (χ1v) is 5.39. The summed E-state index contributed by atoms with van der Waals surface area (Å²) in [5.74, 6) is -0.883. The highest BCUT2D eigenvalue weighted by atomic mass is 16.5. The van der Waals surface area contributed by atoms with E-state index < -0.39 is 5.97 Å². The quantitative estimate of drug-likeness (QED) is 0.803. The highest BCUT2D eigenvalue weighted by Crippen LogP contribution is 2.08. The van der Waals surface area contributed by atoms with Gasteiger partial charge >= 0.3 is 5.97 Å². The summed E-state index contributed by atoms with van der Waals surface area (Å²) < 4.78 is 5.25. The average Bonchev–Trinajstić information content (AvgIpc) is 2.79. The average molecular weight is 221 g/mol. The van der Waals surface area contributed by atoms with Crippen LogP contribution in [-0.4, -0.2) is 30.3 Å². The van der Waals surface area contributed by atoms with Crippen molar-refractivity contribution in [2.75, 3.05) is 13.2 Å². The second-order valence-electron chi connectivity index (χ2n) is 3.95. The molecule has 1 atom stereocenters. The molecule has 2 N–H and O–H groups in total. The molecule has 16 heavy (non-hydrogen) atoms. The Balaban J connectivity index is 1.93. The fraction of sp³-hybridized carbons (Fsp3) is 0.417. The number of hydrogen-bond acceptors (Lipinski definition) is 3. The van der Waals surface area contributed by atoms with Gasteiger partial charge in [-0.25, -0.2) is 4.79 Å². The third-order valence-electron chi connectivity index (χ3n) is 2.70. The lowest BCUT2D eigenvalue weighted by molar-refractivity contribution is 0.0696. The number of carboxylic acid groups (broad SMARTS) is 1. The summed E-state index contributed by atoms with van der Waals surface area (Å²) in [6, 6.07) is 7.39. The van der Waals surface area contributed by atoms with Crippen LogP contribution in [0.3, 0.4) is 0 Å². The van der Waals surface area contributed by atoms with Gasteiger partial charge in [0.15, 0.2) is 0 Å². The predicted molar refractivity (Wildman–Crippen MR) is 59.5 cm³/mol. The van der Waals surface area contributed by atoms with E-state index in [0.29, 0.717) is 18.2 Å². The van der Waals surface area contributed by atoms with Crippen LogP contribution in [0.4, 0.5) is 0 Å². The van der Waals surface area contributed by atoms with Crippen molar-refractivity contribution < 1.29 is 14.6 Å². The van der Waals surface area contributed by atoms with Gasteiger partial charge in [-0.15, -0.1) is 0 Å². The number of carbonyl (C=O) groups is 1. The van der Waals surface area contributed by atoms with E-state index in [1.165, 1.54) is 0 Å². The van der Waals surface area contributed by atoms with Gasteiger partial charge in [0.05, 0.1) is 12.2 Å². The van der Waals surface area contributed by atoms with Crippen molar-refractivity contribution in [1.82, 2.24) is 5.32 Å². The summed E-state index contributed by atoms with van der Waals surface area (Å²) in [5, 5.41) is 12.2. The van der Waals surface area contributed by atoms with Gasteiger partial charge in [-0.2, -0.15) is 0 Å². The van der Waals surface area contributed by atoms with E-state index in [1.54, 1.807) is 18.2 Å². The lowest BCUT2D eigenvalue weighted by atomic mass is 10.1. The van der Waals surface area contributed by atoms with Gasteiger partial charge in [0.2, 0.25) is 0 Å². The molecule has 0 bridgehead atoms. The van der Waals surface area contributed by atoms with Gasteiger partial charge in [-0.3, -0.25) is 0 Å². The van der Waals surface area contributed by atoms with Gasteiger partial charge in [0, 0.05) is 19.2 Å². The summed E-state index contributed by atoms with van der Waals surface area (Å²) in [7, 11) is 0. The van der Waals surface area contributed by atoms with E-state index in [1.807, 2.05) is 6.07 Å². The minimum Gasteiger partial charge on any atom is -0.478 e. The molecule has 2 rings (SSSR count). The second-order valence-corrected chi connectivity index (χ2v) is 3.95. The van der Waals surface area contributed by atoms with Gasteiger partial charge in [-0.1, -0.05) is 12.1 Å². The molecule has 1 aliphatic rings. The largest absolute Gasteiger partial charge is 0.478 e. The van der Waals surface area contributed by atoms with Crippen molar-refractivity contribution in [3.05, 3.63) is 35.4 Å². The number of rotatable bonds is 4. The number of nitrogens with one attached hydrogen (secondary N) is 1. The molecule has 1 aliphatic heterocycles. The molecule has 4 heteroatoms. The topological polar surface area (TPSA) is 58.6 Å². The van der Waals surface area contributed by atoms with Crippen LogP contribution in [0.15, 0.2) is 24.3 Å². The molecular weight excluding hydrogens is 206 g/mol. The third kappa shape index (κ3) is 2.81. The Morgan fingerprint density at radius 3 is 3.12 bits per heavy atom. The Hall–Kier alpha value is -1.39. The first-order chi connectivity index (χ1) is 7.75. The summed E-state index contributed by atoms with van der Waals surface area (Å²) in [6.45, 7) is 2.25. The second kappa shape index (κ2) is 5.09.